The van der Waals surface area contributed by atoms with Gasteiger partial charge in [0.25, 0.3) is 5.91 Å². The van der Waals surface area contributed by atoms with E-state index in [1.165, 1.54) is 0 Å². The first-order chi connectivity index (χ1) is 8.79. The molecule has 0 fully saturated rings. The Morgan fingerprint density at radius 3 is 2.94 bits per heavy atom. The van der Waals surface area contributed by atoms with E-state index in [4.69, 9.17) is 5.84 Å². The van der Waals surface area contributed by atoms with Crippen LogP contribution in [0, 0.1) is 0 Å². The van der Waals surface area contributed by atoms with Gasteiger partial charge in [-0.05, 0) is 12.1 Å². The van der Waals surface area contributed by atoms with Gasteiger partial charge >= 0.3 is 0 Å². The van der Waals surface area contributed by atoms with Crippen molar-refractivity contribution in [3.8, 4) is 0 Å². The highest BCUT2D eigenvalue weighted by molar-refractivity contribution is 7.99. The maximum absolute atomic E-state index is 11.2. The van der Waals surface area contributed by atoms with E-state index < -0.39 is 5.91 Å². The Labute approximate surface area is 108 Å². The summed E-state index contributed by atoms with van der Waals surface area (Å²) < 4.78 is 1.61. The lowest BCUT2D eigenvalue weighted by atomic mass is 10.5. The molecule has 0 unspecified atom stereocenters. The number of nitrogen functional groups attached to an aromatic ring is 1. The third-order valence-corrected chi connectivity index (χ3v) is 3.13. The highest BCUT2D eigenvalue weighted by Gasteiger charge is 2.08. The van der Waals surface area contributed by atoms with Crippen LogP contribution in [0.3, 0.4) is 0 Å². The molecule has 3 N–H and O–H groups in total. The van der Waals surface area contributed by atoms with E-state index in [0.717, 1.165) is 10.6 Å². The average Bonchev–Trinajstić information content (AvgIpc) is 2.88. The van der Waals surface area contributed by atoms with Gasteiger partial charge in [-0.3, -0.25) is 19.9 Å². The van der Waals surface area contributed by atoms with Crippen molar-refractivity contribution in [3.63, 3.8) is 0 Å². The molecule has 94 valence electrons. The SMILES string of the molecule is NNC(=O)c1cn(CCSc2ccncc2)nn1. The molecule has 0 spiro atoms. The van der Waals surface area contributed by atoms with Crippen LogP contribution in [-0.4, -0.2) is 31.6 Å². The van der Waals surface area contributed by atoms with Gasteiger partial charge in [0.2, 0.25) is 0 Å². The van der Waals surface area contributed by atoms with Crippen molar-refractivity contribution in [2.45, 2.75) is 11.4 Å². The summed E-state index contributed by atoms with van der Waals surface area (Å²) in [6, 6.07) is 3.89. The summed E-state index contributed by atoms with van der Waals surface area (Å²) >= 11 is 1.68. The second kappa shape index (κ2) is 6.12. The Bertz CT molecular complexity index is 514. The molecule has 0 saturated heterocycles. The standard InChI is InChI=1S/C10H12N6OS/c11-13-10(17)9-7-16(15-14-9)5-6-18-8-1-3-12-4-2-8/h1-4,7H,5-6,11H2,(H,13,17). The van der Waals surface area contributed by atoms with Crippen LogP contribution in [0.15, 0.2) is 35.6 Å². The molecule has 2 rings (SSSR count). The Balaban J connectivity index is 1.84. The summed E-state index contributed by atoms with van der Waals surface area (Å²) in [6.07, 6.45) is 5.07. The topological polar surface area (TPSA) is 98.7 Å². The lowest BCUT2D eigenvalue weighted by Crippen LogP contribution is -2.30. The largest absolute Gasteiger partial charge is 0.289 e. The van der Waals surface area contributed by atoms with Crippen molar-refractivity contribution in [3.05, 3.63) is 36.4 Å². The average molecular weight is 264 g/mol. The van der Waals surface area contributed by atoms with E-state index in [9.17, 15) is 4.79 Å². The van der Waals surface area contributed by atoms with Gasteiger partial charge in [-0.25, -0.2) is 5.84 Å². The molecular weight excluding hydrogens is 252 g/mol. The number of carbonyl (C=O) groups is 1. The van der Waals surface area contributed by atoms with Crippen LogP contribution in [0.4, 0.5) is 0 Å². The molecular formula is C10H12N6OS. The van der Waals surface area contributed by atoms with Crippen LogP contribution in [-0.2, 0) is 6.54 Å². The first-order valence-electron chi connectivity index (χ1n) is 5.23. The molecule has 0 saturated carbocycles. The molecule has 0 aliphatic rings. The van der Waals surface area contributed by atoms with E-state index in [-0.39, 0.29) is 5.69 Å². The maximum atomic E-state index is 11.2. The molecule has 1 amide bonds. The molecule has 7 nitrogen and oxygen atoms in total. The molecule has 0 aromatic carbocycles. The van der Waals surface area contributed by atoms with Gasteiger partial charge in [0.05, 0.1) is 12.7 Å². The highest BCUT2D eigenvalue weighted by atomic mass is 32.2. The minimum atomic E-state index is -0.442. The number of nitrogens with zero attached hydrogens (tertiary/aromatic N) is 4. The number of nitrogens with two attached hydrogens (primary N) is 1. The predicted octanol–water partition coefficient (Wildman–Crippen LogP) is 0.0689. The Hall–Kier alpha value is -1.93. The smallest absolute Gasteiger partial charge is 0.287 e. The molecule has 2 aromatic rings. The summed E-state index contributed by atoms with van der Waals surface area (Å²) in [5.41, 5.74) is 2.22. The highest BCUT2D eigenvalue weighted by Crippen LogP contribution is 2.16. The van der Waals surface area contributed by atoms with Crippen molar-refractivity contribution < 1.29 is 4.79 Å². The monoisotopic (exact) mass is 264 g/mol. The normalized spacial score (nSPS) is 10.3. The van der Waals surface area contributed by atoms with Gasteiger partial charge in [0.1, 0.15) is 0 Å². The molecule has 0 aliphatic heterocycles. The molecule has 18 heavy (non-hydrogen) atoms. The summed E-state index contributed by atoms with van der Waals surface area (Å²) in [6.45, 7) is 0.665. The second-order valence-electron chi connectivity index (χ2n) is 3.37. The summed E-state index contributed by atoms with van der Waals surface area (Å²) in [4.78, 5) is 16.2. The number of hydrogen-bond donors (Lipinski definition) is 2. The van der Waals surface area contributed by atoms with Crippen LogP contribution < -0.4 is 11.3 Å². The lowest BCUT2D eigenvalue weighted by molar-refractivity contribution is 0.0948. The van der Waals surface area contributed by atoms with Crippen molar-refractivity contribution >= 4 is 17.7 Å². The number of nitrogens with one attached hydrogen (secondary N) is 1. The number of thioether (sulfide) groups is 1. The van der Waals surface area contributed by atoms with Gasteiger partial charge in [-0.15, -0.1) is 16.9 Å². The molecule has 0 aliphatic carbocycles. The fourth-order valence-corrected chi connectivity index (χ4v) is 2.11. The molecule has 0 atom stereocenters. The van der Waals surface area contributed by atoms with Crippen molar-refractivity contribution in [1.82, 2.24) is 25.4 Å². The van der Waals surface area contributed by atoms with Gasteiger partial charge in [0, 0.05) is 23.0 Å². The van der Waals surface area contributed by atoms with E-state index in [1.807, 2.05) is 17.6 Å². The summed E-state index contributed by atoms with van der Waals surface area (Å²) in [5, 5.41) is 7.56. The number of hydrazine groups is 1. The molecule has 0 radical (unpaired) electrons. The minimum Gasteiger partial charge on any atom is -0.289 e. The van der Waals surface area contributed by atoms with Crippen LogP contribution in [0.2, 0.25) is 0 Å². The zero-order chi connectivity index (χ0) is 12.8. The van der Waals surface area contributed by atoms with Gasteiger partial charge in [0.15, 0.2) is 5.69 Å². The summed E-state index contributed by atoms with van der Waals surface area (Å²) in [5.74, 6) is 5.39. The van der Waals surface area contributed by atoms with Gasteiger partial charge < -0.3 is 0 Å². The quantitative estimate of drug-likeness (QED) is 0.343. The van der Waals surface area contributed by atoms with E-state index in [2.05, 4.69) is 15.3 Å². The van der Waals surface area contributed by atoms with E-state index in [0.29, 0.717) is 6.54 Å². The Morgan fingerprint density at radius 1 is 1.44 bits per heavy atom. The number of aryl methyl sites for hydroxylation is 1. The lowest BCUT2D eigenvalue weighted by Gasteiger charge is -2.00. The zero-order valence-corrected chi connectivity index (χ0v) is 10.3. The van der Waals surface area contributed by atoms with Crippen LogP contribution in [0.5, 0.6) is 0 Å². The second-order valence-corrected chi connectivity index (χ2v) is 4.54. The number of amides is 1. The Morgan fingerprint density at radius 2 is 2.22 bits per heavy atom. The van der Waals surface area contributed by atoms with Crippen LogP contribution in [0.25, 0.3) is 0 Å². The minimum absolute atomic E-state index is 0.214. The van der Waals surface area contributed by atoms with Crippen molar-refractivity contribution in [2.75, 3.05) is 5.75 Å². The van der Waals surface area contributed by atoms with Crippen molar-refractivity contribution in [1.29, 1.82) is 0 Å². The molecule has 0 bridgehead atoms. The fraction of sp³-hybridized carbons (Fsp3) is 0.200. The van der Waals surface area contributed by atoms with Gasteiger partial charge in [-0.1, -0.05) is 5.21 Å². The first-order valence-corrected chi connectivity index (χ1v) is 6.22. The molecule has 2 heterocycles. The predicted molar refractivity (Wildman–Crippen MR) is 66.6 cm³/mol. The zero-order valence-electron chi connectivity index (χ0n) is 9.48. The fourth-order valence-electron chi connectivity index (χ4n) is 1.28. The first kappa shape index (κ1) is 12.5. The number of pyridine rings is 1. The van der Waals surface area contributed by atoms with Crippen LogP contribution in [0.1, 0.15) is 10.5 Å². The van der Waals surface area contributed by atoms with E-state index in [1.54, 1.807) is 35.0 Å². The number of carbonyl (C=O) groups excluding carboxylic acids is 1. The Kier molecular flexibility index (Phi) is 4.26. The third-order valence-electron chi connectivity index (χ3n) is 2.14. The number of aromatic nitrogens is 4. The van der Waals surface area contributed by atoms with Crippen LogP contribution >= 0.6 is 11.8 Å². The molecule has 8 heteroatoms. The number of rotatable bonds is 5. The third kappa shape index (κ3) is 3.28. The number of hydrogen-bond acceptors (Lipinski definition) is 6. The van der Waals surface area contributed by atoms with Crippen molar-refractivity contribution in [2.24, 2.45) is 5.84 Å². The van der Waals surface area contributed by atoms with Gasteiger partial charge in [-0.2, -0.15) is 0 Å². The van der Waals surface area contributed by atoms with E-state index >= 15 is 0 Å². The molecule has 2 aromatic heterocycles. The maximum Gasteiger partial charge on any atom is 0.287 e. The summed E-state index contributed by atoms with van der Waals surface area (Å²) in [7, 11) is 0.